The van der Waals surface area contributed by atoms with Crippen LogP contribution < -0.4 is 15.4 Å². The lowest BCUT2D eigenvalue weighted by Gasteiger charge is -2.24. The number of fused-ring (bicyclic) bond motifs is 4. The molecule has 3 aromatic heterocycles. The van der Waals surface area contributed by atoms with Crippen molar-refractivity contribution in [3.8, 4) is 17.1 Å². The lowest BCUT2D eigenvalue weighted by atomic mass is 9.93. The van der Waals surface area contributed by atoms with Gasteiger partial charge in [0.05, 0.1) is 30.9 Å². The van der Waals surface area contributed by atoms with Crippen LogP contribution in [-0.2, 0) is 14.9 Å². The number of likely N-dealkylation sites (tertiary alicyclic amines) is 1. The van der Waals surface area contributed by atoms with Gasteiger partial charge in [-0.15, -0.1) is 11.3 Å². The summed E-state index contributed by atoms with van der Waals surface area (Å²) in [6, 6.07) is 15.0. The van der Waals surface area contributed by atoms with Crippen LogP contribution in [0.5, 0.6) is 5.75 Å². The quantitative estimate of drug-likeness (QED) is 0.212. The van der Waals surface area contributed by atoms with Crippen molar-refractivity contribution in [2.24, 2.45) is 0 Å². The third kappa shape index (κ3) is 5.96. The highest BCUT2D eigenvalue weighted by molar-refractivity contribution is 7.25. The molecule has 2 aliphatic rings. The number of ether oxygens (including phenoxy) is 3. The van der Waals surface area contributed by atoms with Crippen LogP contribution in [0.15, 0.2) is 53.1 Å². The first kappa shape index (κ1) is 27.8. The smallest absolute Gasteiger partial charge is 0.324 e. The van der Waals surface area contributed by atoms with Crippen LogP contribution in [0.25, 0.3) is 31.8 Å². The van der Waals surface area contributed by atoms with Gasteiger partial charge in [-0.25, -0.2) is 9.78 Å². The molecule has 43 heavy (non-hydrogen) atoms. The van der Waals surface area contributed by atoms with Crippen LogP contribution in [-0.4, -0.2) is 77.7 Å². The van der Waals surface area contributed by atoms with E-state index in [2.05, 4.69) is 37.8 Å². The minimum Gasteiger partial charge on any atom is -0.492 e. The van der Waals surface area contributed by atoms with Crippen molar-refractivity contribution in [1.29, 1.82) is 0 Å². The fraction of sp³-hybridized carbons (Fsp3) is 0.387. The van der Waals surface area contributed by atoms with E-state index in [0.29, 0.717) is 37.1 Å². The maximum atomic E-state index is 12.5. The first-order valence-electron chi connectivity index (χ1n) is 14.4. The number of carbonyl (C=O) groups excluding carboxylic acids is 1. The number of benzene rings is 2. The van der Waals surface area contributed by atoms with Gasteiger partial charge in [-0.2, -0.15) is 0 Å². The van der Waals surface area contributed by atoms with E-state index in [1.165, 1.54) is 0 Å². The van der Waals surface area contributed by atoms with E-state index in [-0.39, 0.29) is 17.6 Å². The van der Waals surface area contributed by atoms with Gasteiger partial charge < -0.3 is 29.0 Å². The fourth-order valence-corrected chi connectivity index (χ4v) is 6.49. The SMILES string of the molecule is CC(C)(C)c1cc(NC(=O)Nc2ccc(-c3nc4sc5cc(OCCN6CC7OCCO[C@H]7C6)ccc5c4[nH]3)cc2)no1. The lowest BCUT2D eigenvalue weighted by molar-refractivity contribution is -0.116. The Kier molecular flexibility index (Phi) is 7.29. The maximum absolute atomic E-state index is 12.5. The summed E-state index contributed by atoms with van der Waals surface area (Å²) in [5.74, 6) is 2.69. The fourth-order valence-electron chi connectivity index (χ4n) is 5.43. The molecule has 2 atom stereocenters. The van der Waals surface area contributed by atoms with Crippen molar-refractivity contribution in [1.82, 2.24) is 20.0 Å². The molecule has 0 saturated carbocycles. The van der Waals surface area contributed by atoms with Crippen molar-refractivity contribution < 1.29 is 23.5 Å². The van der Waals surface area contributed by atoms with E-state index >= 15 is 0 Å². The van der Waals surface area contributed by atoms with Gasteiger partial charge >= 0.3 is 6.03 Å². The summed E-state index contributed by atoms with van der Waals surface area (Å²) in [6.45, 7) is 10.7. The largest absolute Gasteiger partial charge is 0.492 e. The number of nitrogens with zero attached hydrogens (tertiary/aromatic N) is 3. The van der Waals surface area contributed by atoms with Crippen LogP contribution in [0.4, 0.5) is 16.3 Å². The van der Waals surface area contributed by atoms with E-state index < -0.39 is 6.03 Å². The highest BCUT2D eigenvalue weighted by atomic mass is 32.1. The molecule has 5 heterocycles. The number of hydrogen-bond acceptors (Lipinski definition) is 9. The number of thiophene rings is 1. The minimum absolute atomic E-state index is 0.186. The third-order valence-corrected chi connectivity index (χ3v) is 8.77. The van der Waals surface area contributed by atoms with Gasteiger partial charge in [0, 0.05) is 52.5 Å². The van der Waals surface area contributed by atoms with Gasteiger partial charge in [-0.05, 0) is 42.5 Å². The highest BCUT2D eigenvalue weighted by Crippen LogP contribution is 2.36. The standard InChI is InChI=1S/C31H34N6O5S/c1-31(2,3)25-15-26(36-42-25)33-30(38)32-19-6-4-18(5-7-19)28-34-27-21-9-8-20(14-24(21)43-29(27)35-28)39-11-10-37-16-22-23(17-37)41-13-12-40-22/h4-9,14-15,22-23H,10-13,16-17H2,1-3H3,(H,34,35)(H2,32,33,36,38)/t22-,23?/m0/s1. The van der Waals surface area contributed by atoms with Crippen molar-refractivity contribution in [3.63, 3.8) is 0 Å². The summed E-state index contributed by atoms with van der Waals surface area (Å²) >= 11 is 1.63. The Bertz CT molecular complexity index is 1740. The van der Waals surface area contributed by atoms with Gasteiger partial charge in [0.1, 0.15) is 28.8 Å². The van der Waals surface area contributed by atoms with Crippen LogP contribution in [0.3, 0.4) is 0 Å². The third-order valence-electron chi connectivity index (χ3n) is 7.72. The predicted octanol–water partition coefficient (Wildman–Crippen LogP) is 5.85. The Morgan fingerprint density at radius 3 is 2.56 bits per heavy atom. The zero-order valence-electron chi connectivity index (χ0n) is 24.3. The molecular formula is C31H34N6O5S. The number of nitrogens with one attached hydrogen (secondary N) is 3. The number of hydrogen-bond donors (Lipinski definition) is 3. The lowest BCUT2D eigenvalue weighted by Crippen LogP contribution is -2.36. The van der Waals surface area contributed by atoms with E-state index in [4.69, 9.17) is 23.7 Å². The molecule has 2 fully saturated rings. The first-order valence-corrected chi connectivity index (χ1v) is 15.3. The van der Waals surface area contributed by atoms with Crippen LogP contribution in [0, 0.1) is 0 Å². The molecule has 2 saturated heterocycles. The second-order valence-corrected chi connectivity index (χ2v) is 13.0. The molecule has 12 heteroatoms. The summed E-state index contributed by atoms with van der Waals surface area (Å²) in [5, 5.41) is 10.6. The van der Waals surface area contributed by atoms with Crippen molar-refractivity contribution in [2.75, 3.05) is 50.1 Å². The molecule has 2 aromatic carbocycles. The second-order valence-electron chi connectivity index (χ2n) is 11.9. The monoisotopic (exact) mass is 602 g/mol. The summed E-state index contributed by atoms with van der Waals surface area (Å²) in [5.41, 5.74) is 2.39. The molecule has 0 bridgehead atoms. The van der Waals surface area contributed by atoms with E-state index in [1.807, 2.05) is 51.1 Å². The van der Waals surface area contributed by atoms with Gasteiger partial charge in [-0.3, -0.25) is 10.2 Å². The van der Waals surface area contributed by atoms with Crippen molar-refractivity contribution >= 4 is 49.3 Å². The Morgan fingerprint density at radius 2 is 1.84 bits per heavy atom. The van der Waals surface area contributed by atoms with Gasteiger partial charge in [0.15, 0.2) is 5.82 Å². The van der Waals surface area contributed by atoms with Crippen LogP contribution in [0.2, 0.25) is 0 Å². The van der Waals surface area contributed by atoms with Crippen molar-refractivity contribution in [3.05, 3.63) is 54.3 Å². The average Bonchev–Trinajstić information content (AvgIpc) is 3.76. The topological polar surface area (TPSA) is 127 Å². The molecule has 3 N–H and O–H groups in total. The number of aromatic nitrogens is 3. The number of aromatic amines is 1. The number of amides is 2. The number of imidazole rings is 1. The Labute approximate surface area is 252 Å². The molecule has 7 rings (SSSR count). The summed E-state index contributed by atoms with van der Waals surface area (Å²) in [7, 11) is 0. The molecule has 224 valence electrons. The minimum atomic E-state index is -0.396. The number of H-pyrrole nitrogens is 1. The molecule has 0 aliphatic carbocycles. The van der Waals surface area contributed by atoms with Crippen LogP contribution >= 0.6 is 11.3 Å². The van der Waals surface area contributed by atoms with E-state index in [0.717, 1.165) is 57.2 Å². The Hall–Kier alpha value is -3.97. The number of urea groups is 1. The normalized spacial score (nSPS) is 19.1. The second kappa shape index (κ2) is 11.3. The maximum Gasteiger partial charge on any atom is 0.324 e. The number of anilines is 2. The Morgan fingerprint density at radius 1 is 1.07 bits per heavy atom. The number of rotatable bonds is 7. The zero-order chi connectivity index (χ0) is 29.6. The zero-order valence-corrected chi connectivity index (χ0v) is 25.1. The Balaban J connectivity index is 0.957. The van der Waals surface area contributed by atoms with E-state index in [1.54, 1.807) is 17.4 Å². The van der Waals surface area contributed by atoms with E-state index in [9.17, 15) is 4.79 Å². The molecule has 5 aromatic rings. The summed E-state index contributed by atoms with van der Waals surface area (Å²) in [6.07, 6.45) is 0.372. The molecule has 0 spiro atoms. The predicted molar refractivity (Wildman–Crippen MR) is 166 cm³/mol. The first-order chi connectivity index (χ1) is 20.8. The molecule has 1 unspecified atom stereocenters. The summed E-state index contributed by atoms with van der Waals surface area (Å²) in [4.78, 5) is 24.1. The molecule has 11 nitrogen and oxygen atoms in total. The summed E-state index contributed by atoms with van der Waals surface area (Å²) < 4.78 is 24.2. The molecule has 0 radical (unpaired) electrons. The highest BCUT2D eigenvalue weighted by Gasteiger charge is 2.36. The van der Waals surface area contributed by atoms with Gasteiger partial charge in [0.25, 0.3) is 0 Å². The van der Waals surface area contributed by atoms with Crippen LogP contribution in [0.1, 0.15) is 26.5 Å². The number of carbonyl (C=O) groups is 1. The van der Waals surface area contributed by atoms with Gasteiger partial charge in [0.2, 0.25) is 0 Å². The van der Waals surface area contributed by atoms with Gasteiger partial charge in [-0.1, -0.05) is 25.9 Å². The molecule has 2 aliphatic heterocycles. The average molecular weight is 603 g/mol. The molecule has 2 amide bonds. The molecular weight excluding hydrogens is 568 g/mol. The van der Waals surface area contributed by atoms with Crippen molar-refractivity contribution in [2.45, 2.75) is 38.4 Å².